The van der Waals surface area contributed by atoms with Crippen LogP contribution in [-0.2, 0) is 5.60 Å². The van der Waals surface area contributed by atoms with Crippen molar-refractivity contribution in [1.29, 1.82) is 0 Å². The van der Waals surface area contributed by atoms with Crippen molar-refractivity contribution >= 4 is 0 Å². The van der Waals surface area contributed by atoms with Crippen molar-refractivity contribution in [2.75, 3.05) is 0 Å². The van der Waals surface area contributed by atoms with Crippen molar-refractivity contribution in [2.24, 2.45) is 0 Å². The van der Waals surface area contributed by atoms with Crippen LogP contribution in [-0.4, -0.2) is 38.4 Å². The predicted octanol–water partition coefficient (Wildman–Crippen LogP) is 4.19. The summed E-state index contributed by atoms with van der Waals surface area (Å²) in [6.45, 7) is -3.62. The van der Waals surface area contributed by atoms with Crippen LogP contribution in [0.25, 0.3) is 11.1 Å². The Kier molecular flexibility index (Phi) is 7.08. The van der Waals surface area contributed by atoms with Crippen LogP contribution in [0, 0.1) is 5.82 Å². The van der Waals surface area contributed by atoms with E-state index in [0.29, 0.717) is 0 Å². The number of aromatic nitrogens is 3. The van der Waals surface area contributed by atoms with E-state index in [4.69, 9.17) is 0 Å². The van der Waals surface area contributed by atoms with Gasteiger partial charge in [0.25, 0.3) is 0 Å². The number of nitrogens with zero attached hydrogens (tertiary/aromatic N) is 3. The van der Waals surface area contributed by atoms with E-state index in [1.807, 2.05) is 0 Å². The number of hydrogen-bond acceptors (Lipinski definition) is 7. The van der Waals surface area contributed by atoms with Gasteiger partial charge in [0.2, 0.25) is 5.88 Å². The number of hydrogen-bond donors (Lipinski definition) is 2. The molecule has 0 aliphatic rings. The molecule has 0 spiro atoms. The highest BCUT2D eigenvalue weighted by Gasteiger charge is 2.25. The average molecular weight is 471 g/mol. The van der Waals surface area contributed by atoms with Gasteiger partial charge in [-0.1, -0.05) is 0 Å². The molecule has 33 heavy (non-hydrogen) atoms. The molecule has 1 aromatic carbocycles. The summed E-state index contributed by atoms with van der Waals surface area (Å²) in [6, 6.07) is 4.12. The monoisotopic (exact) mass is 471 g/mol. The van der Waals surface area contributed by atoms with Crippen molar-refractivity contribution in [3.63, 3.8) is 0 Å². The second-order valence-corrected chi connectivity index (χ2v) is 7.28. The van der Waals surface area contributed by atoms with Gasteiger partial charge in [-0.15, -0.1) is 0 Å². The maximum atomic E-state index is 15.5. The van der Waals surface area contributed by atoms with Crippen LogP contribution in [0.5, 0.6) is 11.6 Å². The molecule has 2 heterocycles. The molecule has 0 saturated carbocycles. The molecular weight excluding hydrogens is 453 g/mol. The highest BCUT2D eigenvalue weighted by Crippen LogP contribution is 2.39. The lowest BCUT2D eigenvalue weighted by Gasteiger charge is -2.19. The Morgan fingerprint density at radius 2 is 1.58 bits per heavy atom. The minimum atomic E-state index is -3.31. The zero-order valence-electron chi connectivity index (χ0n) is 17.2. The first-order chi connectivity index (χ1) is 15.5. The highest BCUT2D eigenvalue weighted by atomic mass is 19.3. The van der Waals surface area contributed by atoms with Gasteiger partial charge in [0.1, 0.15) is 23.3 Å². The second-order valence-electron chi connectivity index (χ2n) is 7.28. The smallest absolute Gasteiger partial charge is 0.388 e. The highest BCUT2D eigenvalue weighted by molar-refractivity contribution is 5.73. The Balaban J connectivity index is 2.08. The van der Waals surface area contributed by atoms with Crippen LogP contribution in [0.15, 0.2) is 42.9 Å². The normalized spacial score (nSPS) is 12.8. The summed E-state index contributed by atoms with van der Waals surface area (Å²) < 4.78 is 74.9. The van der Waals surface area contributed by atoms with Crippen molar-refractivity contribution in [1.82, 2.24) is 15.0 Å². The Hall–Kier alpha value is -3.38. The van der Waals surface area contributed by atoms with Gasteiger partial charge in [0.05, 0.1) is 5.56 Å². The van der Waals surface area contributed by atoms with Crippen LogP contribution in [0.1, 0.15) is 36.9 Å². The first-order valence-electron chi connectivity index (χ1n) is 9.38. The Bertz CT molecular complexity index is 1110. The number of benzene rings is 1. The van der Waals surface area contributed by atoms with Crippen molar-refractivity contribution in [3.8, 4) is 22.8 Å². The summed E-state index contributed by atoms with van der Waals surface area (Å²) in [6.07, 6.45) is 1.74. The summed E-state index contributed by atoms with van der Waals surface area (Å²) >= 11 is 0. The average Bonchev–Trinajstić information content (AvgIpc) is 2.72. The lowest BCUT2D eigenvalue weighted by Crippen LogP contribution is -2.20. The quantitative estimate of drug-likeness (QED) is 0.476. The molecule has 3 rings (SSSR count). The van der Waals surface area contributed by atoms with Gasteiger partial charge in [-0.3, -0.25) is 0 Å². The van der Waals surface area contributed by atoms with Crippen molar-refractivity contribution in [3.05, 3.63) is 65.6 Å². The molecule has 0 unspecified atom stereocenters. The minimum absolute atomic E-state index is 0.0480. The van der Waals surface area contributed by atoms with Gasteiger partial charge in [0.15, 0.2) is 5.82 Å². The second kappa shape index (κ2) is 9.63. The third-order valence-corrected chi connectivity index (χ3v) is 4.41. The summed E-state index contributed by atoms with van der Waals surface area (Å²) in [5.74, 6) is -2.27. The third-order valence-electron chi connectivity index (χ3n) is 4.41. The molecule has 2 aromatic heterocycles. The molecule has 1 atom stereocenters. The number of rotatable bonds is 8. The van der Waals surface area contributed by atoms with Gasteiger partial charge in [0, 0.05) is 35.8 Å². The fourth-order valence-corrected chi connectivity index (χ4v) is 2.94. The Labute approximate surface area is 184 Å². The third kappa shape index (κ3) is 5.71. The van der Waals surface area contributed by atoms with Crippen LogP contribution >= 0.6 is 0 Å². The van der Waals surface area contributed by atoms with E-state index in [9.17, 15) is 27.8 Å². The molecular formula is C21H18F5N3O4. The van der Waals surface area contributed by atoms with E-state index in [0.717, 1.165) is 24.4 Å². The van der Waals surface area contributed by atoms with Crippen LogP contribution < -0.4 is 9.47 Å². The van der Waals surface area contributed by atoms with Gasteiger partial charge >= 0.3 is 13.2 Å². The lowest BCUT2D eigenvalue weighted by atomic mass is 9.96. The van der Waals surface area contributed by atoms with E-state index < -0.39 is 47.9 Å². The van der Waals surface area contributed by atoms with Crippen molar-refractivity contribution in [2.45, 2.75) is 38.8 Å². The van der Waals surface area contributed by atoms with Crippen LogP contribution in [0.2, 0.25) is 0 Å². The molecule has 0 bridgehead atoms. The Morgan fingerprint density at radius 1 is 0.939 bits per heavy atom. The van der Waals surface area contributed by atoms with E-state index in [1.54, 1.807) is 0 Å². The van der Waals surface area contributed by atoms with Gasteiger partial charge < -0.3 is 19.7 Å². The van der Waals surface area contributed by atoms with E-state index in [-0.39, 0.29) is 22.5 Å². The van der Waals surface area contributed by atoms with Gasteiger partial charge in [-0.25, -0.2) is 19.3 Å². The largest absolute Gasteiger partial charge is 0.434 e. The molecule has 0 aliphatic heterocycles. The molecule has 2 N–H and O–H groups in total. The summed E-state index contributed by atoms with van der Waals surface area (Å²) in [7, 11) is 0. The van der Waals surface area contributed by atoms with E-state index in [2.05, 4.69) is 24.4 Å². The molecule has 3 aromatic rings. The van der Waals surface area contributed by atoms with Gasteiger partial charge in [-0.2, -0.15) is 17.6 Å². The van der Waals surface area contributed by atoms with E-state index in [1.165, 1.54) is 32.3 Å². The zero-order valence-corrected chi connectivity index (χ0v) is 17.2. The Morgan fingerprint density at radius 3 is 2.15 bits per heavy atom. The SMILES string of the molecule is CC(C)(O)c1ncc([C@H](O)c2ccc(OC(F)F)c(-c3ccnc(OC(F)F)c3)c2F)cn1. The maximum absolute atomic E-state index is 15.5. The molecule has 0 radical (unpaired) electrons. The van der Waals surface area contributed by atoms with Crippen molar-refractivity contribution < 1.29 is 41.6 Å². The summed E-state index contributed by atoms with van der Waals surface area (Å²) in [4.78, 5) is 11.4. The standard InChI is InChI=1S/C21H18F5N3O4/c1-21(2,31)18-28-8-11(9-29-18)17(30)12-3-4-13(32-19(23)24)15(16(12)22)10-5-6-27-14(7-10)33-20(25)26/h3-9,17,19-20,30-31H,1-2H3/t17-/m0/s1. The van der Waals surface area contributed by atoms with E-state index >= 15 is 4.39 Å². The van der Waals surface area contributed by atoms with Crippen LogP contribution in [0.4, 0.5) is 22.0 Å². The van der Waals surface area contributed by atoms with Gasteiger partial charge in [-0.05, 0) is 37.6 Å². The number of halogens is 5. The number of alkyl halides is 4. The molecule has 0 amide bonds. The first-order valence-corrected chi connectivity index (χ1v) is 9.38. The number of aliphatic hydroxyl groups excluding tert-OH is 1. The molecule has 176 valence electrons. The molecule has 0 aliphatic carbocycles. The number of ether oxygens (including phenoxy) is 2. The maximum Gasteiger partial charge on any atom is 0.388 e. The number of aliphatic hydroxyl groups is 2. The molecule has 0 saturated heterocycles. The fourth-order valence-electron chi connectivity index (χ4n) is 2.94. The minimum Gasteiger partial charge on any atom is -0.434 e. The predicted molar refractivity (Wildman–Crippen MR) is 104 cm³/mol. The summed E-state index contributed by atoms with van der Waals surface area (Å²) in [5, 5.41) is 20.6. The zero-order chi connectivity index (χ0) is 24.3. The topological polar surface area (TPSA) is 97.6 Å². The van der Waals surface area contributed by atoms with Crippen LogP contribution in [0.3, 0.4) is 0 Å². The molecule has 12 heteroatoms. The first kappa shape index (κ1) is 24.3. The molecule has 0 fully saturated rings. The summed E-state index contributed by atoms with van der Waals surface area (Å²) in [5.41, 5.74) is -2.33. The lowest BCUT2D eigenvalue weighted by molar-refractivity contribution is -0.0528. The molecule has 7 nitrogen and oxygen atoms in total. The number of pyridine rings is 1. The fraction of sp³-hybridized carbons (Fsp3) is 0.286.